The van der Waals surface area contributed by atoms with Gasteiger partial charge in [0.25, 0.3) is 11.8 Å². The summed E-state index contributed by atoms with van der Waals surface area (Å²) < 4.78 is 29.1. The molecule has 10 heteroatoms. The number of carbonyl (C=O) groups excluding carboxylic acids is 3. The van der Waals surface area contributed by atoms with Crippen LogP contribution < -0.4 is 20.3 Å². The fourth-order valence-electron chi connectivity index (χ4n) is 2.26. The van der Waals surface area contributed by atoms with Crippen LogP contribution in [0, 0.1) is 5.82 Å². The van der Waals surface area contributed by atoms with E-state index in [0.717, 1.165) is 12.1 Å². The molecule has 0 spiro atoms. The Kier molecular flexibility index (Phi) is 5.95. The van der Waals surface area contributed by atoms with Gasteiger partial charge in [0.1, 0.15) is 12.4 Å². The maximum Gasteiger partial charge on any atom is 0.341 e. The first-order valence-corrected chi connectivity index (χ1v) is 8.41. The van der Waals surface area contributed by atoms with E-state index in [1.165, 1.54) is 6.07 Å². The Morgan fingerprint density at radius 1 is 1.14 bits per heavy atom. The van der Waals surface area contributed by atoms with Gasteiger partial charge in [0.05, 0.1) is 5.56 Å². The van der Waals surface area contributed by atoms with Gasteiger partial charge in [0.15, 0.2) is 18.1 Å². The first-order chi connectivity index (χ1) is 13.4. The van der Waals surface area contributed by atoms with Gasteiger partial charge in [-0.1, -0.05) is 23.7 Å². The van der Waals surface area contributed by atoms with E-state index in [9.17, 15) is 18.8 Å². The molecule has 0 unspecified atom stereocenters. The molecule has 0 saturated heterocycles. The van der Waals surface area contributed by atoms with Crippen LogP contribution in [0.15, 0.2) is 42.5 Å². The zero-order valence-electron chi connectivity index (χ0n) is 14.2. The molecule has 1 heterocycles. The average molecular weight is 409 g/mol. The molecule has 1 aliphatic rings. The first kappa shape index (κ1) is 19.4. The van der Waals surface area contributed by atoms with Crippen LogP contribution in [0.5, 0.6) is 11.5 Å². The maximum atomic E-state index is 13.6. The molecular formula is C18H14ClFN2O6. The van der Waals surface area contributed by atoms with Crippen molar-refractivity contribution in [2.75, 3.05) is 13.2 Å². The number of carbonyl (C=O) groups is 3. The molecule has 146 valence electrons. The third-order valence-electron chi connectivity index (χ3n) is 3.61. The molecule has 3 rings (SSSR count). The molecule has 0 fully saturated rings. The smallest absolute Gasteiger partial charge is 0.341 e. The quantitative estimate of drug-likeness (QED) is 0.588. The van der Waals surface area contributed by atoms with E-state index in [4.69, 9.17) is 25.8 Å². The second-order valence-corrected chi connectivity index (χ2v) is 6.04. The molecule has 2 N–H and O–H groups in total. The Labute approximate surface area is 163 Å². The highest BCUT2D eigenvalue weighted by molar-refractivity contribution is 6.30. The van der Waals surface area contributed by atoms with Crippen LogP contribution >= 0.6 is 11.6 Å². The van der Waals surface area contributed by atoms with Gasteiger partial charge in [-0.3, -0.25) is 20.4 Å². The molecule has 0 bridgehead atoms. The monoisotopic (exact) mass is 408 g/mol. The van der Waals surface area contributed by atoms with E-state index < -0.39 is 41.9 Å². The average Bonchev–Trinajstić information content (AvgIpc) is 2.71. The number of nitrogens with one attached hydrogen (secondary N) is 2. The van der Waals surface area contributed by atoms with Gasteiger partial charge in [-0.15, -0.1) is 0 Å². The van der Waals surface area contributed by atoms with Crippen molar-refractivity contribution in [1.29, 1.82) is 0 Å². The summed E-state index contributed by atoms with van der Waals surface area (Å²) in [5, 5.41) is 0.140. The Bertz CT molecular complexity index is 923. The second kappa shape index (κ2) is 8.57. The minimum Gasteiger partial charge on any atom is -0.485 e. The number of hydrogen-bond acceptors (Lipinski definition) is 6. The van der Waals surface area contributed by atoms with Gasteiger partial charge in [0, 0.05) is 5.02 Å². The summed E-state index contributed by atoms with van der Waals surface area (Å²) in [5.74, 6) is -2.48. The number of amides is 2. The second-order valence-electron chi connectivity index (χ2n) is 5.60. The SMILES string of the molecule is O=C(COC(=O)c1cc(Cl)ccc1F)NNC(=O)[C@H]1COc2ccccc2O1. The molecule has 0 radical (unpaired) electrons. The molecule has 2 aromatic carbocycles. The lowest BCUT2D eigenvalue weighted by Gasteiger charge is -2.25. The molecule has 0 saturated carbocycles. The van der Waals surface area contributed by atoms with Crippen LogP contribution in [0.3, 0.4) is 0 Å². The van der Waals surface area contributed by atoms with Crippen molar-refractivity contribution in [3.8, 4) is 11.5 Å². The third kappa shape index (κ3) is 4.68. The molecule has 8 nitrogen and oxygen atoms in total. The zero-order valence-corrected chi connectivity index (χ0v) is 15.0. The number of esters is 1. The van der Waals surface area contributed by atoms with E-state index in [2.05, 4.69) is 10.9 Å². The van der Waals surface area contributed by atoms with Crippen molar-refractivity contribution in [1.82, 2.24) is 10.9 Å². The summed E-state index contributed by atoms with van der Waals surface area (Å²) >= 11 is 5.69. The maximum absolute atomic E-state index is 13.6. The van der Waals surface area contributed by atoms with Crippen molar-refractivity contribution >= 4 is 29.4 Å². The highest BCUT2D eigenvalue weighted by Gasteiger charge is 2.27. The van der Waals surface area contributed by atoms with Crippen LogP contribution in [0.4, 0.5) is 4.39 Å². The standard InChI is InChI=1S/C18H14ClFN2O6/c19-10-5-6-12(20)11(7-10)18(25)27-9-16(23)21-22-17(24)15-8-26-13-3-1-2-4-14(13)28-15/h1-7,15H,8-9H2,(H,21,23)(H,22,24)/t15-/m1/s1. The van der Waals surface area contributed by atoms with E-state index in [0.29, 0.717) is 11.5 Å². The molecule has 1 atom stereocenters. The first-order valence-electron chi connectivity index (χ1n) is 8.03. The van der Waals surface area contributed by atoms with E-state index in [-0.39, 0.29) is 11.6 Å². The van der Waals surface area contributed by atoms with Gasteiger partial charge in [-0.2, -0.15) is 0 Å². The lowest BCUT2D eigenvalue weighted by Crippen LogP contribution is -2.51. The summed E-state index contributed by atoms with van der Waals surface area (Å²) in [7, 11) is 0. The molecule has 0 aliphatic carbocycles. The minimum atomic E-state index is -1.07. The fourth-order valence-corrected chi connectivity index (χ4v) is 2.43. The van der Waals surface area contributed by atoms with Crippen molar-refractivity contribution in [2.45, 2.75) is 6.10 Å². The molecule has 28 heavy (non-hydrogen) atoms. The number of benzene rings is 2. The lowest BCUT2D eigenvalue weighted by molar-refractivity contribution is -0.135. The van der Waals surface area contributed by atoms with E-state index in [1.807, 2.05) is 0 Å². The predicted octanol–water partition coefficient (Wildman–Crippen LogP) is 1.62. The number of ether oxygens (including phenoxy) is 3. The van der Waals surface area contributed by atoms with E-state index in [1.54, 1.807) is 24.3 Å². The van der Waals surface area contributed by atoms with Gasteiger partial charge in [-0.25, -0.2) is 9.18 Å². The Hall–Kier alpha value is -3.33. The Morgan fingerprint density at radius 2 is 1.89 bits per heavy atom. The van der Waals surface area contributed by atoms with E-state index >= 15 is 0 Å². The topological polar surface area (TPSA) is 103 Å². The largest absolute Gasteiger partial charge is 0.485 e. The summed E-state index contributed by atoms with van der Waals surface area (Å²) in [4.78, 5) is 35.6. The van der Waals surface area contributed by atoms with Crippen LogP contribution in [0.2, 0.25) is 5.02 Å². The van der Waals surface area contributed by atoms with Gasteiger partial charge in [0.2, 0.25) is 6.10 Å². The molecule has 2 amide bonds. The van der Waals surface area contributed by atoms with Crippen LogP contribution in [-0.4, -0.2) is 37.1 Å². The number of halogens is 2. The lowest BCUT2D eigenvalue weighted by atomic mass is 10.2. The third-order valence-corrected chi connectivity index (χ3v) is 3.84. The molecule has 0 aromatic heterocycles. The number of para-hydroxylation sites is 2. The summed E-state index contributed by atoms with van der Waals surface area (Å²) in [6.07, 6.45) is -0.974. The summed E-state index contributed by atoms with van der Waals surface area (Å²) in [5.41, 5.74) is 3.80. The van der Waals surface area contributed by atoms with Crippen molar-refractivity contribution in [2.24, 2.45) is 0 Å². The Balaban J connectivity index is 1.45. The number of hydrogen-bond donors (Lipinski definition) is 2. The van der Waals surface area contributed by atoms with Crippen LogP contribution in [-0.2, 0) is 14.3 Å². The molecular weight excluding hydrogens is 395 g/mol. The molecule has 1 aliphatic heterocycles. The van der Waals surface area contributed by atoms with Gasteiger partial charge >= 0.3 is 5.97 Å². The van der Waals surface area contributed by atoms with Crippen LogP contribution in [0.25, 0.3) is 0 Å². The fraction of sp³-hybridized carbons (Fsp3) is 0.167. The normalized spacial score (nSPS) is 14.7. The highest BCUT2D eigenvalue weighted by atomic mass is 35.5. The Morgan fingerprint density at radius 3 is 2.68 bits per heavy atom. The van der Waals surface area contributed by atoms with Crippen molar-refractivity contribution in [3.05, 3.63) is 58.9 Å². The van der Waals surface area contributed by atoms with Gasteiger partial charge in [-0.05, 0) is 30.3 Å². The minimum absolute atomic E-state index is 0.0399. The zero-order chi connectivity index (χ0) is 20.1. The van der Waals surface area contributed by atoms with Crippen molar-refractivity contribution < 1.29 is 33.0 Å². The van der Waals surface area contributed by atoms with Gasteiger partial charge < -0.3 is 14.2 Å². The summed E-state index contributed by atoms with van der Waals surface area (Å²) in [6.45, 7) is -0.780. The molecule has 2 aromatic rings. The number of hydrazine groups is 1. The van der Waals surface area contributed by atoms with Crippen molar-refractivity contribution in [3.63, 3.8) is 0 Å². The highest BCUT2D eigenvalue weighted by Crippen LogP contribution is 2.30. The van der Waals surface area contributed by atoms with Crippen LogP contribution in [0.1, 0.15) is 10.4 Å². The predicted molar refractivity (Wildman–Crippen MR) is 94.3 cm³/mol. The number of fused-ring (bicyclic) bond motifs is 1. The summed E-state index contributed by atoms with van der Waals surface area (Å²) in [6, 6.07) is 10.2. The number of rotatable bonds is 4.